The van der Waals surface area contributed by atoms with Gasteiger partial charge in [0.05, 0.1) is 0 Å². The third kappa shape index (κ3) is 1.88. The molecule has 3 heteroatoms. The third-order valence-corrected chi connectivity index (χ3v) is 1.70. The standard InChI is InChI=1S/C7H5IN2/c8-6-2-1-3-7(4-6)10-5-9/h1-4,10H. The van der Waals surface area contributed by atoms with Crippen molar-refractivity contribution in [3.63, 3.8) is 0 Å². The summed E-state index contributed by atoms with van der Waals surface area (Å²) < 4.78 is 1.12. The van der Waals surface area contributed by atoms with Gasteiger partial charge in [-0.15, -0.1) is 0 Å². The number of nitrogens with one attached hydrogen (secondary N) is 1. The molecule has 0 aliphatic carbocycles. The van der Waals surface area contributed by atoms with Crippen molar-refractivity contribution in [1.82, 2.24) is 0 Å². The highest BCUT2D eigenvalue weighted by atomic mass is 127. The molecule has 0 bridgehead atoms. The predicted octanol–water partition coefficient (Wildman–Crippen LogP) is 2.18. The maximum Gasteiger partial charge on any atom is 0.181 e. The van der Waals surface area contributed by atoms with Gasteiger partial charge in [-0.1, -0.05) is 6.07 Å². The van der Waals surface area contributed by atoms with Crippen molar-refractivity contribution in [2.24, 2.45) is 0 Å². The number of hydrogen-bond acceptors (Lipinski definition) is 2. The van der Waals surface area contributed by atoms with Gasteiger partial charge in [-0.25, -0.2) is 0 Å². The number of nitriles is 1. The maximum atomic E-state index is 8.25. The molecule has 0 aliphatic heterocycles. The fraction of sp³-hybridized carbons (Fsp3) is 0. The number of halogens is 1. The molecule has 0 aliphatic rings. The van der Waals surface area contributed by atoms with E-state index in [0.717, 1.165) is 9.26 Å². The minimum atomic E-state index is 0.842. The van der Waals surface area contributed by atoms with E-state index in [9.17, 15) is 0 Å². The van der Waals surface area contributed by atoms with Crippen molar-refractivity contribution >= 4 is 28.3 Å². The lowest BCUT2D eigenvalue weighted by atomic mass is 10.3. The second kappa shape index (κ2) is 3.42. The van der Waals surface area contributed by atoms with Crippen molar-refractivity contribution in [3.05, 3.63) is 27.8 Å². The first-order valence-electron chi connectivity index (χ1n) is 2.73. The molecule has 1 rings (SSSR count). The fourth-order valence-electron chi connectivity index (χ4n) is 0.631. The van der Waals surface area contributed by atoms with E-state index in [2.05, 4.69) is 27.9 Å². The molecule has 0 fully saturated rings. The molecule has 0 aromatic heterocycles. The van der Waals surface area contributed by atoms with Gasteiger partial charge in [0, 0.05) is 9.26 Å². The summed E-state index contributed by atoms with van der Waals surface area (Å²) in [6.07, 6.45) is 1.86. The van der Waals surface area contributed by atoms with E-state index >= 15 is 0 Å². The quantitative estimate of drug-likeness (QED) is 0.467. The van der Waals surface area contributed by atoms with Gasteiger partial charge in [-0.3, -0.25) is 5.32 Å². The summed E-state index contributed by atoms with van der Waals surface area (Å²) in [6, 6.07) is 7.64. The summed E-state index contributed by atoms with van der Waals surface area (Å²) in [5.74, 6) is 0. The summed E-state index contributed by atoms with van der Waals surface area (Å²) in [5.41, 5.74) is 0.842. The molecule has 2 nitrogen and oxygen atoms in total. The van der Waals surface area contributed by atoms with Crippen LogP contribution in [0.1, 0.15) is 0 Å². The lowest BCUT2D eigenvalue weighted by Crippen LogP contribution is -1.85. The number of hydrogen-bond donors (Lipinski definition) is 1. The molecule has 1 N–H and O–H groups in total. The molecule has 0 atom stereocenters. The van der Waals surface area contributed by atoms with Gasteiger partial charge in [0.25, 0.3) is 0 Å². The Morgan fingerprint density at radius 2 is 2.30 bits per heavy atom. The van der Waals surface area contributed by atoms with E-state index in [1.165, 1.54) is 0 Å². The van der Waals surface area contributed by atoms with Crippen LogP contribution in [0.5, 0.6) is 0 Å². The zero-order chi connectivity index (χ0) is 7.40. The van der Waals surface area contributed by atoms with Crippen LogP contribution in [0.15, 0.2) is 24.3 Å². The molecule has 0 amide bonds. The van der Waals surface area contributed by atoms with Crippen LogP contribution in [-0.4, -0.2) is 0 Å². The van der Waals surface area contributed by atoms with Gasteiger partial charge >= 0.3 is 0 Å². The zero-order valence-electron chi connectivity index (χ0n) is 5.13. The van der Waals surface area contributed by atoms with Crippen molar-refractivity contribution in [3.8, 4) is 6.19 Å². The Balaban J connectivity index is 2.87. The molecule has 0 saturated heterocycles. The Morgan fingerprint density at radius 1 is 1.50 bits per heavy atom. The van der Waals surface area contributed by atoms with E-state index in [1.807, 2.05) is 30.5 Å². The van der Waals surface area contributed by atoms with E-state index < -0.39 is 0 Å². The van der Waals surface area contributed by atoms with E-state index in [-0.39, 0.29) is 0 Å². The normalized spacial score (nSPS) is 8.40. The van der Waals surface area contributed by atoms with Crippen LogP contribution in [0.2, 0.25) is 0 Å². The first-order valence-corrected chi connectivity index (χ1v) is 3.81. The molecular weight excluding hydrogens is 239 g/mol. The Kier molecular flexibility index (Phi) is 2.51. The first kappa shape index (κ1) is 7.35. The number of anilines is 1. The Bertz CT molecular complexity index is 265. The van der Waals surface area contributed by atoms with Crippen LogP contribution in [-0.2, 0) is 0 Å². The van der Waals surface area contributed by atoms with Crippen LogP contribution < -0.4 is 5.32 Å². The summed E-state index contributed by atoms with van der Waals surface area (Å²) >= 11 is 2.20. The van der Waals surface area contributed by atoms with Gasteiger partial charge in [0.15, 0.2) is 6.19 Å². The smallest absolute Gasteiger partial charge is 0.181 e. The molecule has 0 heterocycles. The van der Waals surface area contributed by atoms with Gasteiger partial charge in [-0.05, 0) is 40.8 Å². The average Bonchev–Trinajstić information content (AvgIpc) is 1.88. The van der Waals surface area contributed by atoms with Gasteiger partial charge in [-0.2, -0.15) is 5.26 Å². The Labute approximate surface area is 73.0 Å². The number of benzene rings is 1. The van der Waals surface area contributed by atoms with Crippen LogP contribution in [0.25, 0.3) is 0 Å². The van der Waals surface area contributed by atoms with Crippen molar-refractivity contribution in [2.45, 2.75) is 0 Å². The molecule has 0 unspecified atom stereocenters. The van der Waals surface area contributed by atoms with E-state index in [1.54, 1.807) is 0 Å². The number of rotatable bonds is 1. The Hall–Kier alpha value is -0.760. The number of nitrogens with zero attached hydrogens (tertiary/aromatic N) is 1. The first-order chi connectivity index (χ1) is 4.83. The van der Waals surface area contributed by atoms with Crippen LogP contribution in [0.4, 0.5) is 5.69 Å². The highest BCUT2D eigenvalue weighted by molar-refractivity contribution is 14.1. The molecule has 0 radical (unpaired) electrons. The molecular formula is C7H5IN2. The van der Waals surface area contributed by atoms with E-state index in [4.69, 9.17) is 5.26 Å². The third-order valence-electron chi connectivity index (χ3n) is 1.02. The van der Waals surface area contributed by atoms with Crippen LogP contribution >= 0.6 is 22.6 Å². The van der Waals surface area contributed by atoms with Crippen LogP contribution in [0.3, 0.4) is 0 Å². The highest BCUT2D eigenvalue weighted by Crippen LogP contribution is 2.11. The molecule has 1 aromatic rings. The van der Waals surface area contributed by atoms with E-state index in [0.29, 0.717) is 0 Å². The molecule has 0 saturated carbocycles. The van der Waals surface area contributed by atoms with Gasteiger partial charge in [0.1, 0.15) is 0 Å². The van der Waals surface area contributed by atoms with Gasteiger partial charge < -0.3 is 0 Å². The summed E-state index contributed by atoms with van der Waals surface area (Å²) in [6.45, 7) is 0. The molecule has 50 valence electrons. The van der Waals surface area contributed by atoms with Gasteiger partial charge in [0.2, 0.25) is 0 Å². The maximum absolute atomic E-state index is 8.25. The minimum Gasteiger partial charge on any atom is -0.293 e. The lowest BCUT2D eigenvalue weighted by molar-refractivity contribution is 1.46. The molecule has 1 aromatic carbocycles. The highest BCUT2D eigenvalue weighted by Gasteiger charge is 1.88. The van der Waals surface area contributed by atoms with Crippen molar-refractivity contribution < 1.29 is 0 Å². The predicted molar refractivity (Wildman–Crippen MR) is 48.4 cm³/mol. The minimum absolute atomic E-state index is 0.842. The summed E-state index contributed by atoms with van der Waals surface area (Å²) in [4.78, 5) is 0. The molecule has 10 heavy (non-hydrogen) atoms. The Morgan fingerprint density at radius 3 is 2.90 bits per heavy atom. The van der Waals surface area contributed by atoms with Crippen molar-refractivity contribution in [2.75, 3.05) is 5.32 Å². The monoisotopic (exact) mass is 244 g/mol. The summed E-state index contributed by atoms with van der Waals surface area (Å²) in [7, 11) is 0. The SMILES string of the molecule is N#CNc1cccc(I)c1. The topological polar surface area (TPSA) is 35.8 Å². The fourth-order valence-corrected chi connectivity index (χ4v) is 1.17. The van der Waals surface area contributed by atoms with Crippen molar-refractivity contribution in [1.29, 1.82) is 5.26 Å². The van der Waals surface area contributed by atoms with Crippen LogP contribution in [0, 0.1) is 15.0 Å². The largest absolute Gasteiger partial charge is 0.293 e. The molecule has 0 spiro atoms. The second-order valence-corrected chi connectivity index (χ2v) is 2.99. The zero-order valence-corrected chi connectivity index (χ0v) is 7.29. The lowest BCUT2D eigenvalue weighted by Gasteiger charge is -1.95. The summed E-state index contributed by atoms with van der Waals surface area (Å²) in [5, 5.41) is 10.8. The average molecular weight is 244 g/mol. The second-order valence-electron chi connectivity index (χ2n) is 1.75.